The standard InChI is InChI=1S/C14H15BrClNO2S2/c1-3-9(2)10-4-6-11(7-5-10)17-21(18,19)13-8-12(16)14(15)20-13/h4-9,17H,3H2,1-2H3. The van der Waals surface area contributed by atoms with Crippen molar-refractivity contribution in [3.05, 3.63) is 44.7 Å². The summed E-state index contributed by atoms with van der Waals surface area (Å²) >= 11 is 10.2. The molecule has 3 nitrogen and oxygen atoms in total. The fourth-order valence-electron chi connectivity index (χ4n) is 1.78. The van der Waals surface area contributed by atoms with Gasteiger partial charge in [-0.1, -0.05) is 37.6 Å². The van der Waals surface area contributed by atoms with Crippen molar-refractivity contribution in [2.75, 3.05) is 4.72 Å². The van der Waals surface area contributed by atoms with Crippen molar-refractivity contribution in [2.45, 2.75) is 30.4 Å². The SMILES string of the molecule is CCC(C)c1ccc(NS(=O)(=O)c2cc(Cl)c(Br)s2)cc1. The van der Waals surface area contributed by atoms with Crippen LogP contribution in [0.5, 0.6) is 0 Å². The average Bonchev–Trinajstić information content (AvgIpc) is 2.79. The Morgan fingerprint density at radius 1 is 1.33 bits per heavy atom. The third kappa shape index (κ3) is 4.00. The molecule has 0 fully saturated rings. The molecule has 1 aromatic carbocycles. The Bertz CT molecular complexity index is 706. The highest BCUT2D eigenvalue weighted by Gasteiger charge is 2.19. The molecule has 0 aliphatic carbocycles. The first kappa shape index (κ1) is 16.8. The molecule has 0 aliphatic heterocycles. The van der Waals surface area contributed by atoms with E-state index in [2.05, 4.69) is 34.5 Å². The van der Waals surface area contributed by atoms with Crippen LogP contribution < -0.4 is 4.72 Å². The number of thiophene rings is 1. The van der Waals surface area contributed by atoms with Crippen molar-refractivity contribution < 1.29 is 8.42 Å². The molecule has 0 saturated heterocycles. The predicted octanol–water partition coefficient (Wildman–Crippen LogP) is 5.48. The van der Waals surface area contributed by atoms with Gasteiger partial charge in [-0.15, -0.1) is 11.3 Å². The van der Waals surface area contributed by atoms with Crippen molar-refractivity contribution in [3.8, 4) is 0 Å². The largest absolute Gasteiger partial charge is 0.279 e. The fraction of sp³-hybridized carbons (Fsp3) is 0.286. The van der Waals surface area contributed by atoms with Crippen molar-refractivity contribution >= 4 is 54.6 Å². The van der Waals surface area contributed by atoms with Crippen LogP contribution in [0.3, 0.4) is 0 Å². The summed E-state index contributed by atoms with van der Waals surface area (Å²) in [4.78, 5) is 0. The molecule has 1 heterocycles. The van der Waals surface area contributed by atoms with Crippen LogP contribution in [0.25, 0.3) is 0 Å². The third-order valence-corrected chi connectivity index (χ3v) is 7.56. The topological polar surface area (TPSA) is 46.2 Å². The van der Waals surface area contributed by atoms with Gasteiger partial charge in [0.25, 0.3) is 10.0 Å². The van der Waals surface area contributed by atoms with Gasteiger partial charge in [-0.05, 0) is 52.0 Å². The maximum absolute atomic E-state index is 12.3. The number of nitrogens with one attached hydrogen (secondary N) is 1. The highest BCUT2D eigenvalue weighted by atomic mass is 79.9. The number of rotatable bonds is 5. The van der Waals surface area contributed by atoms with Crippen LogP contribution in [-0.4, -0.2) is 8.42 Å². The summed E-state index contributed by atoms with van der Waals surface area (Å²) in [7, 11) is -3.60. The van der Waals surface area contributed by atoms with Gasteiger partial charge in [0.1, 0.15) is 4.21 Å². The number of sulfonamides is 1. The van der Waals surface area contributed by atoms with E-state index in [4.69, 9.17) is 11.6 Å². The van der Waals surface area contributed by atoms with Crippen molar-refractivity contribution in [1.82, 2.24) is 0 Å². The van der Waals surface area contributed by atoms with Crippen molar-refractivity contribution in [2.24, 2.45) is 0 Å². The Hall–Kier alpha value is -0.560. The summed E-state index contributed by atoms with van der Waals surface area (Å²) in [6.45, 7) is 4.27. The van der Waals surface area contributed by atoms with E-state index in [1.54, 1.807) is 12.1 Å². The molecule has 114 valence electrons. The Kier molecular flexibility index (Phi) is 5.35. The second kappa shape index (κ2) is 6.69. The lowest BCUT2D eigenvalue weighted by Gasteiger charge is -2.10. The van der Waals surface area contributed by atoms with Gasteiger partial charge in [-0.25, -0.2) is 8.42 Å². The third-order valence-electron chi connectivity index (χ3n) is 3.23. The molecule has 21 heavy (non-hydrogen) atoms. The highest BCUT2D eigenvalue weighted by molar-refractivity contribution is 9.11. The zero-order valence-corrected chi connectivity index (χ0v) is 15.5. The fourth-order valence-corrected chi connectivity index (χ4v) is 5.24. The second-order valence-corrected chi connectivity index (χ2v) is 9.41. The number of hydrogen-bond acceptors (Lipinski definition) is 3. The zero-order valence-electron chi connectivity index (χ0n) is 11.6. The predicted molar refractivity (Wildman–Crippen MR) is 93.0 cm³/mol. The highest BCUT2D eigenvalue weighted by Crippen LogP contribution is 2.35. The maximum Gasteiger partial charge on any atom is 0.271 e. The van der Waals surface area contributed by atoms with Gasteiger partial charge in [-0.2, -0.15) is 0 Å². The van der Waals surface area contributed by atoms with Gasteiger partial charge in [-0.3, -0.25) is 4.72 Å². The molecule has 1 N–H and O–H groups in total. The zero-order chi connectivity index (χ0) is 15.6. The quantitative estimate of drug-likeness (QED) is 0.712. The summed E-state index contributed by atoms with van der Waals surface area (Å²) in [6.07, 6.45) is 1.05. The molecule has 7 heteroatoms. The van der Waals surface area contributed by atoms with Crippen LogP contribution in [0.2, 0.25) is 5.02 Å². The molecule has 1 aromatic heterocycles. The Labute approximate surface area is 142 Å². The van der Waals surface area contributed by atoms with Crippen LogP contribution in [-0.2, 0) is 10.0 Å². The summed E-state index contributed by atoms with van der Waals surface area (Å²) < 4.78 is 27.9. The van der Waals surface area contributed by atoms with E-state index < -0.39 is 10.0 Å². The Balaban J connectivity index is 2.20. The molecule has 0 bridgehead atoms. The molecule has 2 rings (SSSR count). The minimum absolute atomic E-state index is 0.186. The van der Waals surface area contributed by atoms with Gasteiger partial charge in [0.2, 0.25) is 0 Å². The molecular weight excluding hydrogens is 394 g/mol. The van der Waals surface area contributed by atoms with E-state index in [-0.39, 0.29) is 4.21 Å². The lowest BCUT2D eigenvalue weighted by atomic mass is 9.99. The minimum atomic E-state index is -3.60. The van der Waals surface area contributed by atoms with Gasteiger partial charge in [0.15, 0.2) is 0 Å². The first-order valence-electron chi connectivity index (χ1n) is 6.41. The molecule has 0 amide bonds. The molecule has 0 radical (unpaired) electrons. The van der Waals surface area contributed by atoms with Gasteiger partial charge >= 0.3 is 0 Å². The number of anilines is 1. The monoisotopic (exact) mass is 407 g/mol. The van der Waals surface area contributed by atoms with E-state index in [1.165, 1.54) is 11.6 Å². The molecule has 1 atom stereocenters. The normalized spacial score (nSPS) is 13.1. The first-order chi connectivity index (χ1) is 9.83. The van der Waals surface area contributed by atoms with Crippen LogP contribution in [0.4, 0.5) is 5.69 Å². The molecular formula is C14H15BrClNO2S2. The molecule has 0 aliphatic rings. The van der Waals surface area contributed by atoms with E-state index in [0.717, 1.165) is 17.8 Å². The van der Waals surface area contributed by atoms with Gasteiger partial charge in [0.05, 0.1) is 8.81 Å². The molecule has 0 spiro atoms. The summed E-state index contributed by atoms with van der Waals surface area (Å²) in [6, 6.07) is 8.89. The van der Waals surface area contributed by atoms with E-state index in [9.17, 15) is 8.42 Å². The van der Waals surface area contributed by atoms with E-state index >= 15 is 0 Å². The molecule has 2 aromatic rings. The Morgan fingerprint density at radius 2 is 1.95 bits per heavy atom. The summed E-state index contributed by atoms with van der Waals surface area (Å²) in [5, 5.41) is 0.396. The number of hydrogen-bond donors (Lipinski definition) is 1. The lowest BCUT2D eigenvalue weighted by Crippen LogP contribution is -2.11. The van der Waals surface area contributed by atoms with Crippen LogP contribution in [0.15, 0.2) is 38.3 Å². The van der Waals surface area contributed by atoms with E-state index in [0.29, 0.717) is 20.4 Å². The Morgan fingerprint density at radius 3 is 2.43 bits per heavy atom. The molecule has 0 saturated carbocycles. The summed E-state index contributed by atoms with van der Waals surface area (Å²) in [5.74, 6) is 0.461. The lowest BCUT2D eigenvalue weighted by molar-refractivity contribution is 0.603. The van der Waals surface area contributed by atoms with Crippen LogP contribution >= 0.6 is 38.9 Å². The summed E-state index contributed by atoms with van der Waals surface area (Å²) in [5.41, 5.74) is 1.74. The average molecular weight is 409 g/mol. The second-order valence-electron chi connectivity index (χ2n) is 4.72. The van der Waals surface area contributed by atoms with Gasteiger partial charge in [0, 0.05) is 5.69 Å². The van der Waals surface area contributed by atoms with Crippen LogP contribution in [0.1, 0.15) is 31.7 Å². The minimum Gasteiger partial charge on any atom is -0.279 e. The smallest absolute Gasteiger partial charge is 0.271 e. The number of benzene rings is 1. The number of halogens is 2. The first-order valence-corrected chi connectivity index (χ1v) is 9.88. The van der Waals surface area contributed by atoms with Crippen molar-refractivity contribution in [3.63, 3.8) is 0 Å². The van der Waals surface area contributed by atoms with Crippen molar-refractivity contribution in [1.29, 1.82) is 0 Å². The maximum atomic E-state index is 12.3. The molecule has 1 unspecified atom stereocenters. The van der Waals surface area contributed by atoms with Gasteiger partial charge < -0.3 is 0 Å². The van der Waals surface area contributed by atoms with E-state index in [1.807, 2.05) is 12.1 Å². The van der Waals surface area contributed by atoms with Crippen LogP contribution in [0, 0.1) is 0 Å².